The van der Waals surface area contributed by atoms with Gasteiger partial charge in [0.05, 0.1) is 12.7 Å². The summed E-state index contributed by atoms with van der Waals surface area (Å²) in [5.41, 5.74) is 2.99. The first-order chi connectivity index (χ1) is 10.6. The van der Waals surface area contributed by atoms with Gasteiger partial charge in [0, 0.05) is 21.8 Å². The maximum absolute atomic E-state index is 12.2. The highest BCUT2D eigenvalue weighted by Gasteiger charge is 2.25. The molecule has 5 heteroatoms. The van der Waals surface area contributed by atoms with Crippen LogP contribution in [-0.4, -0.2) is 19.0 Å². The summed E-state index contributed by atoms with van der Waals surface area (Å²) in [5.74, 6) is -0.669. The van der Waals surface area contributed by atoms with Gasteiger partial charge in [0.1, 0.15) is 0 Å². The third-order valence-corrected chi connectivity index (χ3v) is 3.77. The number of methoxy groups -OCH3 is 1. The van der Waals surface area contributed by atoms with Crippen molar-refractivity contribution in [3.63, 3.8) is 0 Å². The molecule has 2 aromatic carbocycles. The molecule has 22 heavy (non-hydrogen) atoms. The smallest absolute Gasteiger partial charge is 0.337 e. The number of rotatable bonds is 2. The Labute approximate surface area is 132 Å². The monoisotopic (exact) mass is 313 g/mol. The number of anilines is 1. The van der Waals surface area contributed by atoms with E-state index in [0.29, 0.717) is 21.8 Å². The summed E-state index contributed by atoms with van der Waals surface area (Å²) < 4.78 is 4.68. The van der Waals surface area contributed by atoms with Crippen molar-refractivity contribution in [3.8, 4) is 0 Å². The number of amides is 1. The Hall–Kier alpha value is -2.59. The molecule has 0 saturated heterocycles. The third kappa shape index (κ3) is 2.49. The first-order valence-electron chi connectivity index (χ1n) is 6.60. The summed E-state index contributed by atoms with van der Waals surface area (Å²) in [6.45, 7) is 0. The second-order valence-corrected chi connectivity index (χ2v) is 5.19. The first-order valence-corrected chi connectivity index (χ1v) is 6.98. The van der Waals surface area contributed by atoms with Crippen LogP contribution in [0.5, 0.6) is 0 Å². The van der Waals surface area contributed by atoms with Gasteiger partial charge in [0.2, 0.25) is 0 Å². The van der Waals surface area contributed by atoms with E-state index in [0.717, 1.165) is 11.1 Å². The third-order valence-electron chi connectivity index (χ3n) is 3.43. The minimum absolute atomic E-state index is 0.225. The molecule has 0 bridgehead atoms. The molecule has 1 heterocycles. The van der Waals surface area contributed by atoms with Crippen molar-refractivity contribution in [3.05, 3.63) is 64.2 Å². The maximum atomic E-state index is 12.2. The Balaban J connectivity index is 2.06. The summed E-state index contributed by atoms with van der Waals surface area (Å²) >= 11 is 6.13. The summed E-state index contributed by atoms with van der Waals surface area (Å²) in [6, 6.07) is 12.2. The molecule has 0 spiro atoms. The minimum atomic E-state index is -0.444. The quantitative estimate of drug-likeness (QED) is 0.680. The normalized spacial score (nSPS) is 14.6. The van der Waals surface area contributed by atoms with E-state index in [2.05, 4.69) is 10.1 Å². The van der Waals surface area contributed by atoms with Crippen LogP contribution in [0.3, 0.4) is 0 Å². The lowest BCUT2D eigenvalue weighted by Gasteiger charge is -2.03. The van der Waals surface area contributed by atoms with Crippen molar-refractivity contribution in [1.29, 1.82) is 0 Å². The molecule has 1 aliphatic rings. The van der Waals surface area contributed by atoms with Crippen LogP contribution in [0.25, 0.3) is 11.6 Å². The van der Waals surface area contributed by atoms with Gasteiger partial charge in [-0.25, -0.2) is 4.79 Å². The minimum Gasteiger partial charge on any atom is -0.465 e. The van der Waals surface area contributed by atoms with Gasteiger partial charge >= 0.3 is 5.97 Å². The van der Waals surface area contributed by atoms with E-state index in [1.165, 1.54) is 7.11 Å². The molecule has 0 aromatic heterocycles. The van der Waals surface area contributed by atoms with Gasteiger partial charge in [0.25, 0.3) is 5.91 Å². The average molecular weight is 314 g/mol. The van der Waals surface area contributed by atoms with Crippen molar-refractivity contribution in [1.82, 2.24) is 0 Å². The number of esters is 1. The summed E-state index contributed by atoms with van der Waals surface area (Å²) in [4.78, 5) is 23.7. The van der Waals surface area contributed by atoms with Gasteiger partial charge in [-0.15, -0.1) is 0 Å². The predicted molar refractivity (Wildman–Crippen MR) is 85.7 cm³/mol. The standard InChI is InChI=1S/C17H12ClNO3/c1-22-17(21)11-6-7-12-13(16(20)19-15(12)9-11)8-10-4-2-3-5-14(10)18/h2-9H,1H3,(H,19,20)/b13-8+. The maximum Gasteiger partial charge on any atom is 0.337 e. The topological polar surface area (TPSA) is 55.4 Å². The molecule has 0 aliphatic carbocycles. The van der Waals surface area contributed by atoms with Gasteiger partial charge < -0.3 is 10.1 Å². The number of halogens is 1. The number of fused-ring (bicyclic) bond motifs is 1. The van der Waals surface area contributed by atoms with Crippen LogP contribution >= 0.6 is 11.6 Å². The van der Waals surface area contributed by atoms with Crippen molar-refractivity contribution in [2.45, 2.75) is 0 Å². The zero-order chi connectivity index (χ0) is 15.7. The predicted octanol–water partition coefficient (Wildman–Crippen LogP) is 3.62. The van der Waals surface area contributed by atoms with Gasteiger partial charge in [-0.05, 0) is 29.8 Å². The van der Waals surface area contributed by atoms with Gasteiger partial charge in [-0.1, -0.05) is 35.9 Å². The molecule has 110 valence electrons. The zero-order valence-corrected chi connectivity index (χ0v) is 12.5. The molecule has 1 amide bonds. The second kappa shape index (κ2) is 5.66. The average Bonchev–Trinajstić information content (AvgIpc) is 2.83. The molecule has 0 saturated carbocycles. The van der Waals surface area contributed by atoms with Crippen molar-refractivity contribution < 1.29 is 14.3 Å². The lowest BCUT2D eigenvalue weighted by atomic mass is 10.0. The lowest BCUT2D eigenvalue weighted by Crippen LogP contribution is -2.04. The molecule has 2 aromatic rings. The van der Waals surface area contributed by atoms with Crippen LogP contribution in [0.4, 0.5) is 5.69 Å². The molecule has 1 aliphatic heterocycles. The Bertz CT molecular complexity index is 811. The number of hydrogen-bond acceptors (Lipinski definition) is 3. The highest BCUT2D eigenvalue weighted by molar-refractivity contribution is 6.37. The van der Waals surface area contributed by atoms with Crippen molar-refractivity contribution in [2.75, 3.05) is 12.4 Å². The molecule has 0 atom stereocenters. The van der Waals surface area contributed by atoms with E-state index in [1.807, 2.05) is 18.2 Å². The molecule has 0 fully saturated rings. The Morgan fingerprint density at radius 2 is 2.00 bits per heavy atom. The van der Waals surface area contributed by atoms with Crippen LogP contribution in [0, 0.1) is 0 Å². The van der Waals surface area contributed by atoms with Gasteiger partial charge in [0.15, 0.2) is 0 Å². The number of nitrogens with one attached hydrogen (secondary N) is 1. The molecule has 0 unspecified atom stereocenters. The van der Waals surface area contributed by atoms with E-state index in [1.54, 1.807) is 30.3 Å². The number of carbonyl (C=O) groups is 2. The fourth-order valence-electron chi connectivity index (χ4n) is 2.33. The molecular weight excluding hydrogens is 302 g/mol. The SMILES string of the molecule is COC(=O)c1ccc2c(c1)NC(=O)/C2=C/c1ccccc1Cl. The number of ether oxygens (including phenoxy) is 1. The van der Waals surface area contributed by atoms with Crippen LogP contribution in [-0.2, 0) is 9.53 Å². The van der Waals surface area contributed by atoms with E-state index in [9.17, 15) is 9.59 Å². The fraction of sp³-hybridized carbons (Fsp3) is 0.0588. The Kier molecular flexibility index (Phi) is 3.69. The highest BCUT2D eigenvalue weighted by Crippen LogP contribution is 2.34. The number of carbonyl (C=O) groups excluding carboxylic acids is 2. The Morgan fingerprint density at radius 3 is 2.73 bits per heavy atom. The van der Waals surface area contributed by atoms with Gasteiger partial charge in [-0.3, -0.25) is 4.79 Å². The molecule has 4 nitrogen and oxygen atoms in total. The Morgan fingerprint density at radius 1 is 1.23 bits per heavy atom. The zero-order valence-electron chi connectivity index (χ0n) is 11.7. The van der Waals surface area contributed by atoms with Crippen molar-refractivity contribution >= 4 is 40.8 Å². The van der Waals surface area contributed by atoms with Crippen LogP contribution in [0.15, 0.2) is 42.5 Å². The van der Waals surface area contributed by atoms with Crippen LogP contribution < -0.4 is 5.32 Å². The molecular formula is C17H12ClNO3. The van der Waals surface area contributed by atoms with Crippen LogP contribution in [0.1, 0.15) is 21.5 Å². The van der Waals surface area contributed by atoms with Gasteiger partial charge in [-0.2, -0.15) is 0 Å². The molecule has 0 radical (unpaired) electrons. The highest BCUT2D eigenvalue weighted by atomic mass is 35.5. The van der Waals surface area contributed by atoms with E-state index < -0.39 is 5.97 Å². The summed E-state index contributed by atoms with van der Waals surface area (Å²) in [5, 5.41) is 3.32. The van der Waals surface area contributed by atoms with Crippen LogP contribution in [0.2, 0.25) is 5.02 Å². The van der Waals surface area contributed by atoms with E-state index in [4.69, 9.17) is 11.6 Å². The van der Waals surface area contributed by atoms with E-state index in [-0.39, 0.29) is 5.91 Å². The largest absolute Gasteiger partial charge is 0.465 e. The first kappa shape index (κ1) is 14.4. The number of hydrogen-bond donors (Lipinski definition) is 1. The molecule has 1 N–H and O–H groups in total. The lowest BCUT2D eigenvalue weighted by molar-refractivity contribution is -0.110. The fourth-order valence-corrected chi connectivity index (χ4v) is 2.52. The van der Waals surface area contributed by atoms with Crippen molar-refractivity contribution in [2.24, 2.45) is 0 Å². The summed E-state index contributed by atoms with van der Waals surface area (Å²) in [6.07, 6.45) is 1.74. The number of benzene rings is 2. The molecule has 3 rings (SSSR count). The summed E-state index contributed by atoms with van der Waals surface area (Å²) in [7, 11) is 1.32. The second-order valence-electron chi connectivity index (χ2n) is 4.79. The van der Waals surface area contributed by atoms with E-state index >= 15 is 0 Å².